The molecule has 10 heteroatoms. The molecular formula is C7H6ClF2N5O2. The Morgan fingerprint density at radius 1 is 1.53 bits per heavy atom. The van der Waals surface area contributed by atoms with E-state index in [2.05, 4.69) is 20.4 Å². The van der Waals surface area contributed by atoms with Crippen molar-refractivity contribution in [1.82, 2.24) is 9.97 Å². The number of alkyl halides is 2. The number of hydrogen-bond donors (Lipinski definition) is 1. The highest BCUT2D eigenvalue weighted by Gasteiger charge is 2.15. The lowest BCUT2D eigenvalue weighted by atomic mass is 10.5. The summed E-state index contributed by atoms with van der Waals surface area (Å²) >= 11 is 5.42. The topological polar surface area (TPSA) is 91.0 Å². The molecule has 0 saturated heterocycles. The standard InChI is InChI=1S/C7H6ClF2N5O2/c8-7(13-16)4-1-12-6(2-11-4)15(14-17)3-5(9)10/h1-2,5,16H,3H2/b13-7-. The Labute approximate surface area is 98.7 Å². The molecule has 17 heavy (non-hydrogen) atoms. The van der Waals surface area contributed by atoms with E-state index >= 15 is 0 Å². The number of nitrogens with zero attached hydrogens (tertiary/aromatic N) is 5. The Kier molecular flexibility index (Phi) is 4.64. The third-order valence-corrected chi connectivity index (χ3v) is 1.88. The van der Waals surface area contributed by atoms with Crippen LogP contribution in [0.25, 0.3) is 0 Å². The van der Waals surface area contributed by atoms with Gasteiger partial charge in [0.15, 0.2) is 11.0 Å². The summed E-state index contributed by atoms with van der Waals surface area (Å²) < 4.78 is 24.1. The van der Waals surface area contributed by atoms with Crippen molar-refractivity contribution in [2.24, 2.45) is 10.4 Å². The first-order chi connectivity index (χ1) is 8.08. The van der Waals surface area contributed by atoms with Crippen molar-refractivity contribution in [3.05, 3.63) is 23.0 Å². The van der Waals surface area contributed by atoms with Gasteiger partial charge in [-0.2, -0.15) is 0 Å². The van der Waals surface area contributed by atoms with Crippen LogP contribution in [-0.4, -0.2) is 33.3 Å². The molecule has 1 aromatic heterocycles. The van der Waals surface area contributed by atoms with Crippen LogP contribution >= 0.6 is 11.6 Å². The van der Waals surface area contributed by atoms with E-state index in [1.807, 2.05) is 0 Å². The summed E-state index contributed by atoms with van der Waals surface area (Å²) in [6, 6.07) is 0. The van der Waals surface area contributed by atoms with Gasteiger partial charge in [-0.05, 0) is 0 Å². The average molecular weight is 266 g/mol. The Morgan fingerprint density at radius 2 is 2.24 bits per heavy atom. The monoisotopic (exact) mass is 265 g/mol. The van der Waals surface area contributed by atoms with Crippen molar-refractivity contribution < 1.29 is 14.0 Å². The summed E-state index contributed by atoms with van der Waals surface area (Å²) in [5.74, 6) is -0.161. The van der Waals surface area contributed by atoms with E-state index in [-0.39, 0.29) is 16.7 Å². The molecule has 0 aromatic carbocycles. The summed E-state index contributed by atoms with van der Waals surface area (Å²) in [4.78, 5) is 17.6. The maximum absolute atomic E-state index is 12.1. The van der Waals surface area contributed by atoms with Gasteiger partial charge in [0, 0.05) is 0 Å². The number of halogens is 3. The minimum absolute atomic E-state index is 0.0285. The molecule has 0 radical (unpaired) electrons. The number of oxime groups is 1. The van der Waals surface area contributed by atoms with Crippen LogP contribution in [0.2, 0.25) is 0 Å². The van der Waals surface area contributed by atoms with Crippen LogP contribution in [-0.2, 0) is 0 Å². The van der Waals surface area contributed by atoms with Crippen LogP contribution in [0.1, 0.15) is 5.69 Å². The molecule has 0 bridgehead atoms. The molecule has 0 spiro atoms. The smallest absolute Gasteiger partial charge is 0.258 e. The number of nitroso groups, excluding NO2 is 1. The van der Waals surface area contributed by atoms with Crippen molar-refractivity contribution >= 4 is 22.6 Å². The minimum Gasteiger partial charge on any atom is -0.410 e. The Balaban J connectivity index is 2.89. The summed E-state index contributed by atoms with van der Waals surface area (Å²) in [5, 5.41) is 13.5. The van der Waals surface area contributed by atoms with Crippen LogP contribution in [0.3, 0.4) is 0 Å². The van der Waals surface area contributed by atoms with Crippen LogP contribution < -0.4 is 5.01 Å². The molecule has 0 amide bonds. The number of anilines is 1. The predicted octanol–water partition coefficient (Wildman–Crippen LogP) is 1.60. The molecule has 0 unspecified atom stereocenters. The van der Waals surface area contributed by atoms with Gasteiger partial charge in [0.1, 0.15) is 12.2 Å². The van der Waals surface area contributed by atoms with Gasteiger partial charge >= 0.3 is 0 Å². The van der Waals surface area contributed by atoms with E-state index in [0.717, 1.165) is 12.4 Å². The zero-order valence-electron chi connectivity index (χ0n) is 8.16. The molecular weight excluding hydrogens is 260 g/mol. The van der Waals surface area contributed by atoms with Gasteiger partial charge in [0.2, 0.25) is 0 Å². The van der Waals surface area contributed by atoms with Gasteiger partial charge in [-0.1, -0.05) is 16.8 Å². The zero-order chi connectivity index (χ0) is 12.8. The molecule has 7 nitrogen and oxygen atoms in total. The third kappa shape index (κ3) is 3.55. The molecule has 0 saturated carbocycles. The Morgan fingerprint density at radius 3 is 2.65 bits per heavy atom. The molecule has 1 heterocycles. The predicted molar refractivity (Wildman–Crippen MR) is 55.4 cm³/mol. The molecule has 1 aromatic rings. The first-order valence-corrected chi connectivity index (χ1v) is 4.55. The summed E-state index contributed by atoms with van der Waals surface area (Å²) in [5.41, 5.74) is 0.0285. The molecule has 0 fully saturated rings. The highest BCUT2D eigenvalue weighted by molar-refractivity contribution is 6.69. The lowest BCUT2D eigenvalue weighted by Crippen LogP contribution is -2.23. The highest BCUT2D eigenvalue weighted by atomic mass is 35.5. The van der Waals surface area contributed by atoms with Crippen LogP contribution in [0.4, 0.5) is 14.6 Å². The van der Waals surface area contributed by atoms with Crippen LogP contribution in [0.15, 0.2) is 22.8 Å². The minimum atomic E-state index is -2.74. The van der Waals surface area contributed by atoms with E-state index in [0.29, 0.717) is 5.01 Å². The molecule has 0 atom stereocenters. The Hall–Kier alpha value is -1.90. The zero-order valence-corrected chi connectivity index (χ0v) is 8.92. The summed E-state index contributed by atoms with van der Waals surface area (Å²) in [6.07, 6.45) is -0.676. The lowest BCUT2D eigenvalue weighted by molar-refractivity contribution is 0.154. The van der Waals surface area contributed by atoms with Gasteiger partial charge in [-0.25, -0.2) is 23.8 Å². The van der Waals surface area contributed by atoms with Crippen molar-refractivity contribution in [1.29, 1.82) is 0 Å². The molecule has 92 valence electrons. The quantitative estimate of drug-likeness (QED) is 0.378. The first kappa shape index (κ1) is 13.2. The highest BCUT2D eigenvalue weighted by Crippen LogP contribution is 2.12. The number of aromatic nitrogens is 2. The van der Waals surface area contributed by atoms with E-state index in [4.69, 9.17) is 16.8 Å². The van der Waals surface area contributed by atoms with Gasteiger partial charge in [0.05, 0.1) is 17.7 Å². The largest absolute Gasteiger partial charge is 0.410 e. The van der Waals surface area contributed by atoms with Crippen molar-refractivity contribution in [3.8, 4) is 0 Å². The van der Waals surface area contributed by atoms with E-state index in [1.165, 1.54) is 0 Å². The second-order valence-corrected chi connectivity index (χ2v) is 3.06. The molecule has 0 aliphatic heterocycles. The fraction of sp³-hybridized carbons (Fsp3) is 0.286. The van der Waals surface area contributed by atoms with Gasteiger partial charge in [-0.15, -0.1) is 4.91 Å². The normalized spacial score (nSPS) is 11.6. The van der Waals surface area contributed by atoms with Crippen LogP contribution in [0, 0.1) is 4.91 Å². The summed E-state index contributed by atoms with van der Waals surface area (Å²) in [6.45, 7) is -0.890. The maximum Gasteiger partial charge on any atom is 0.258 e. The van der Waals surface area contributed by atoms with Gasteiger partial charge < -0.3 is 5.21 Å². The van der Waals surface area contributed by atoms with Crippen molar-refractivity contribution in [2.75, 3.05) is 11.6 Å². The van der Waals surface area contributed by atoms with Gasteiger partial charge in [0.25, 0.3) is 6.43 Å². The average Bonchev–Trinajstić information content (AvgIpc) is 2.35. The van der Waals surface area contributed by atoms with Gasteiger partial charge in [-0.3, -0.25) is 0 Å². The van der Waals surface area contributed by atoms with E-state index < -0.39 is 13.0 Å². The molecule has 0 aliphatic rings. The third-order valence-electron chi connectivity index (χ3n) is 1.61. The van der Waals surface area contributed by atoms with Crippen LogP contribution in [0.5, 0.6) is 0 Å². The van der Waals surface area contributed by atoms with Crippen molar-refractivity contribution in [2.45, 2.75) is 6.43 Å². The fourth-order valence-electron chi connectivity index (χ4n) is 0.912. The summed E-state index contributed by atoms with van der Waals surface area (Å²) in [7, 11) is 0. The second-order valence-electron chi connectivity index (χ2n) is 2.71. The molecule has 0 aliphatic carbocycles. The lowest BCUT2D eigenvalue weighted by Gasteiger charge is -2.12. The fourth-order valence-corrected chi connectivity index (χ4v) is 1.01. The Bertz CT molecular complexity index is 413. The molecule has 1 rings (SSSR count). The number of rotatable bonds is 5. The SMILES string of the molecule is O=NN(CC(F)F)c1cnc(/C(Cl)=N/O)cn1. The number of hydrogen-bond acceptors (Lipinski definition) is 6. The second kappa shape index (κ2) is 5.99. The maximum atomic E-state index is 12.1. The molecule has 1 N–H and O–H groups in total. The van der Waals surface area contributed by atoms with E-state index in [9.17, 15) is 13.7 Å². The first-order valence-electron chi connectivity index (χ1n) is 4.17. The van der Waals surface area contributed by atoms with E-state index in [1.54, 1.807) is 0 Å². The van der Waals surface area contributed by atoms with Crippen molar-refractivity contribution in [3.63, 3.8) is 0 Å².